The molecular formula is C21H21NO5. The monoisotopic (exact) mass is 367 g/mol. The maximum atomic E-state index is 12.5. The predicted octanol–water partition coefficient (Wildman–Crippen LogP) is 3.14. The first-order valence-corrected chi connectivity index (χ1v) is 9.55. The summed E-state index contributed by atoms with van der Waals surface area (Å²) >= 11 is 0. The number of aromatic hydroxyl groups is 1. The molecule has 3 aliphatic rings. The lowest BCUT2D eigenvalue weighted by Crippen LogP contribution is -2.29. The lowest BCUT2D eigenvalue weighted by molar-refractivity contribution is 0.0694. The van der Waals surface area contributed by atoms with Crippen LogP contribution >= 0.6 is 0 Å². The van der Waals surface area contributed by atoms with Gasteiger partial charge in [-0.3, -0.25) is 4.79 Å². The Bertz CT molecular complexity index is 1020. The molecule has 1 aromatic heterocycles. The van der Waals surface area contributed by atoms with E-state index in [-0.39, 0.29) is 17.4 Å². The third kappa shape index (κ3) is 2.39. The Morgan fingerprint density at radius 1 is 1.22 bits per heavy atom. The molecule has 5 rings (SSSR count). The highest BCUT2D eigenvalue weighted by molar-refractivity contribution is 5.88. The van der Waals surface area contributed by atoms with Crippen molar-refractivity contribution >= 4 is 5.97 Å². The fourth-order valence-corrected chi connectivity index (χ4v) is 5.14. The number of pyridine rings is 1. The summed E-state index contributed by atoms with van der Waals surface area (Å²) < 4.78 is 7.61. The van der Waals surface area contributed by atoms with Crippen LogP contribution < -0.4 is 10.2 Å². The van der Waals surface area contributed by atoms with E-state index in [2.05, 4.69) is 0 Å². The van der Waals surface area contributed by atoms with E-state index in [1.807, 2.05) is 4.57 Å². The molecule has 1 saturated carbocycles. The van der Waals surface area contributed by atoms with Crippen molar-refractivity contribution < 1.29 is 19.7 Å². The van der Waals surface area contributed by atoms with Crippen molar-refractivity contribution in [3.8, 4) is 22.8 Å². The maximum absolute atomic E-state index is 12.5. The molecule has 0 amide bonds. The largest absolute Gasteiger partial charge is 0.504 e. The Balaban J connectivity index is 1.78. The Morgan fingerprint density at radius 2 is 2.00 bits per heavy atom. The van der Waals surface area contributed by atoms with Gasteiger partial charge in [-0.2, -0.15) is 0 Å². The van der Waals surface area contributed by atoms with Crippen LogP contribution in [0, 0.1) is 5.92 Å². The molecule has 2 N–H and O–H groups in total. The van der Waals surface area contributed by atoms with E-state index < -0.39 is 11.4 Å². The number of carboxylic acid groups (broad SMARTS) is 1. The first kappa shape index (κ1) is 16.4. The molecule has 0 radical (unpaired) electrons. The van der Waals surface area contributed by atoms with Gasteiger partial charge in [-0.15, -0.1) is 0 Å². The van der Waals surface area contributed by atoms with Crippen LogP contribution in [0.5, 0.6) is 11.5 Å². The predicted molar refractivity (Wildman–Crippen MR) is 98.7 cm³/mol. The van der Waals surface area contributed by atoms with Gasteiger partial charge in [-0.05, 0) is 36.8 Å². The van der Waals surface area contributed by atoms with E-state index in [1.54, 1.807) is 6.07 Å². The number of phenolic OH excluding ortho intramolecular Hbond substituents is 1. The number of carboxylic acids is 1. The van der Waals surface area contributed by atoms with E-state index in [4.69, 9.17) is 4.74 Å². The van der Waals surface area contributed by atoms with Crippen LogP contribution in [0.3, 0.4) is 0 Å². The van der Waals surface area contributed by atoms with Gasteiger partial charge in [-0.1, -0.05) is 12.8 Å². The molecule has 27 heavy (non-hydrogen) atoms. The zero-order chi connectivity index (χ0) is 18.7. The van der Waals surface area contributed by atoms with Gasteiger partial charge >= 0.3 is 5.97 Å². The average Bonchev–Trinajstić information content (AvgIpc) is 3.32. The number of nitrogens with zero attached hydrogens (tertiary/aromatic N) is 1. The van der Waals surface area contributed by atoms with Crippen LogP contribution in [0.4, 0.5) is 0 Å². The van der Waals surface area contributed by atoms with Gasteiger partial charge < -0.3 is 19.5 Å². The van der Waals surface area contributed by atoms with Crippen molar-refractivity contribution in [2.75, 3.05) is 6.61 Å². The second kappa shape index (κ2) is 5.87. The standard InChI is InChI=1S/C21H21NO5/c23-17-9-16-19-12(8-18(24)20-13(19)5-6-27-20)7-15(11-3-1-2-4-11)22(16)10-14(17)21(25)26/h8-11,15,24H,1-7H2,(H,25,26). The zero-order valence-corrected chi connectivity index (χ0v) is 14.9. The molecule has 0 saturated heterocycles. The van der Waals surface area contributed by atoms with Gasteiger partial charge in [0.05, 0.1) is 12.3 Å². The Morgan fingerprint density at radius 3 is 2.74 bits per heavy atom. The molecule has 1 unspecified atom stereocenters. The van der Waals surface area contributed by atoms with Gasteiger partial charge in [0.1, 0.15) is 5.56 Å². The van der Waals surface area contributed by atoms with Crippen molar-refractivity contribution in [3.05, 3.63) is 45.2 Å². The van der Waals surface area contributed by atoms with E-state index in [0.29, 0.717) is 24.7 Å². The molecule has 2 aliphatic heterocycles. The van der Waals surface area contributed by atoms with Gasteiger partial charge in [0.25, 0.3) is 0 Å². The Labute approximate surface area is 156 Å². The molecule has 1 fully saturated rings. The molecule has 1 aliphatic carbocycles. The number of hydrogen-bond acceptors (Lipinski definition) is 4. The van der Waals surface area contributed by atoms with Crippen LogP contribution in [0.1, 0.15) is 53.2 Å². The van der Waals surface area contributed by atoms with Gasteiger partial charge in [-0.25, -0.2) is 4.79 Å². The molecular weight excluding hydrogens is 346 g/mol. The maximum Gasteiger partial charge on any atom is 0.341 e. The second-order valence-electron chi connectivity index (χ2n) is 7.80. The summed E-state index contributed by atoms with van der Waals surface area (Å²) in [5, 5.41) is 19.8. The Hall–Kier alpha value is -2.76. The number of ether oxygens (including phenoxy) is 1. The summed E-state index contributed by atoms with van der Waals surface area (Å²) in [6.45, 7) is 0.503. The molecule has 0 bridgehead atoms. The highest BCUT2D eigenvalue weighted by Gasteiger charge is 2.36. The van der Waals surface area contributed by atoms with E-state index >= 15 is 0 Å². The number of fused-ring (bicyclic) bond motifs is 5. The quantitative estimate of drug-likeness (QED) is 0.851. The number of rotatable bonds is 2. The fourth-order valence-electron chi connectivity index (χ4n) is 5.14. The van der Waals surface area contributed by atoms with Crippen LogP contribution in [-0.4, -0.2) is 27.4 Å². The lowest BCUT2D eigenvalue weighted by Gasteiger charge is -2.35. The summed E-state index contributed by atoms with van der Waals surface area (Å²) in [6.07, 6.45) is 7.51. The van der Waals surface area contributed by atoms with E-state index in [1.165, 1.54) is 25.1 Å². The number of phenols is 1. The first-order valence-electron chi connectivity index (χ1n) is 9.55. The molecule has 0 spiro atoms. The van der Waals surface area contributed by atoms with E-state index in [9.17, 15) is 19.8 Å². The Kier molecular flexibility index (Phi) is 3.57. The number of benzene rings is 1. The zero-order valence-electron chi connectivity index (χ0n) is 14.9. The highest BCUT2D eigenvalue weighted by atomic mass is 16.5. The minimum absolute atomic E-state index is 0.105. The number of hydrogen-bond donors (Lipinski definition) is 2. The molecule has 1 atom stereocenters. The van der Waals surface area contributed by atoms with Crippen LogP contribution in [-0.2, 0) is 12.8 Å². The van der Waals surface area contributed by atoms with Gasteiger partial charge in [0, 0.05) is 35.9 Å². The SMILES string of the molecule is O=C(O)c1cn2c(cc1=O)-c1c(cc(O)c3c1CCO3)CC2C1CCCC1. The topological polar surface area (TPSA) is 88.8 Å². The summed E-state index contributed by atoms with van der Waals surface area (Å²) in [5.74, 6) is -0.0861. The number of carbonyl (C=O) groups is 1. The van der Waals surface area contributed by atoms with Crippen molar-refractivity contribution in [2.45, 2.75) is 44.6 Å². The minimum Gasteiger partial charge on any atom is -0.504 e. The molecule has 1 aromatic carbocycles. The minimum atomic E-state index is -1.19. The van der Waals surface area contributed by atoms with Crippen molar-refractivity contribution in [3.63, 3.8) is 0 Å². The summed E-state index contributed by atoms with van der Waals surface area (Å²) in [7, 11) is 0. The second-order valence-corrected chi connectivity index (χ2v) is 7.80. The molecule has 2 aromatic rings. The molecule has 6 nitrogen and oxygen atoms in total. The molecule has 3 heterocycles. The van der Waals surface area contributed by atoms with Crippen molar-refractivity contribution in [1.29, 1.82) is 0 Å². The average molecular weight is 367 g/mol. The van der Waals surface area contributed by atoms with Crippen LogP contribution in [0.25, 0.3) is 11.3 Å². The van der Waals surface area contributed by atoms with Gasteiger partial charge in [0.2, 0.25) is 0 Å². The molecule has 6 heteroatoms. The normalized spacial score (nSPS) is 20.7. The van der Waals surface area contributed by atoms with Crippen LogP contribution in [0.2, 0.25) is 0 Å². The third-order valence-corrected chi connectivity index (χ3v) is 6.34. The van der Waals surface area contributed by atoms with Crippen LogP contribution in [0.15, 0.2) is 23.1 Å². The summed E-state index contributed by atoms with van der Waals surface area (Å²) in [5.41, 5.74) is 2.97. The van der Waals surface area contributed by atoms with Crippen molar-refractivity contribution in [1.82, 2.24) is 4.57 Å². The number of aromatic nitrogens is 1. The third-order valence-electron chi connectivity index (χ3n) is 6.34. The smallest absolute Gasteiger partial charge is 0.341 e. The van der Waals surface area contributed by atoms with E-state index in [0.717, 1.165) is 41.6 Å². The lowest BCUT2D eigenvalue weighted by atomic mass is 9.82. The molecule has 140 valence electrons. The summed E-state index contributed by atoms with van der Waals surface area (Å²) in [6, 6.07) is 3.33. The summed E-state index contributed by atoms with van der Waals surface area (Å²) in [4.78, 5) is 24.0. The fraction of sp³-hybridized carbons (Fsp3) is 0.429. The number of aromatic carboxylic acids is 1. The van der Waals surface area contributed by atoms with Gasteiger partial charge in [0.15, 0.2) is 16.9 Å². The highest BCUT2D eigenvalue weighted by Crippen LogP contribution is 2.49. The first-order chi connectivity index (χ1) is 13.0. The van der Waals surface area contributed by atoms with Crippen molar-refractivity contribution in [2.24, 2.45) is 5.92 Å².